The highest BCUT2D eigenvalue weighted by Gasteiger charge is 2.11. The molecule has 0 saturated carbocycles. The minimum atomic E-state index is -0.777. The Labute approximate surface area is 117 Å². The number of rotatable bonds is 3. The summed E-state index contributed by atoms with van der Waals surface area (Å²) in [5.41, 5.74) is 0. The van der Waals surface area contributed by atoms with Crippen molar-refractivity contribution in [3.63, 3.8) is 0 Å². The summed E-state index contributed by atoms with van der Waals surface area (Å²) >= 11 is 3.24. The minimum Gasteiger partial charge on any atom is -0.436 e. The van der Waals surface area contributed by atoms with Crippen molar-refractivity contribution in [2.24, 2.45) is 0 Å². The van der Waals surface area contributed by atoms with E-state index >= 15 is 0 Å². The monoisotopic (exact) mass is 328 g/mol. The van der Waals surface area contributed by atoms with Crippen LogP contribution in [0, 0.1) is 11.6 Å². The first-order chi connectivity index (χ1) is 8.95. The van der Waals surface area contributed by atoms with Crippen LogP contribution in [-0.4, -0.2) is 9.97 Å². The number of benzene rings is 1. The van der Waals surface area contributed by atoms with Gasteiger partial charge in [-0.05, 0) is 28.1 Å². The van der Waals surface area contributed by atoms with Gasteiger partial charge in [0.25, 0.3) is 0 Å². The number of ether oxygens (including phenoxy) is 1. The fourth-order valence-corrected chi connectivity index (χ4v) is 1.77. The fourth-order valence-electron chi connectivity index (χ4n) is 1.39. The molecule has 0 radical (unpaired) electrons. The van der Waals surface area contributed by atoms with Gasteiger partial charge in [-0.1, -0.05) is 13.8 Å². The summed E-state index contributed by atoms with van der Waals surface area (Å²) in [6.45, 7) is 3.87. The van der Waals surface area contributed by atoms with Gasteiger partial charge in [0.15, 0.2) is 11.6 Å². The highest BCUT2D eigenvalue weighted by Crippen LogP contribution is 2.26. The molecule has 0 amide bonds. The second kappa shape index (κ2) is 5.61. The van der Waals surface area contributed by atoms with Crippen molar-refractivity contribution in [2.75, 3.05) is 0 Å². The summed E-state index contributed by atoms with van der Waals surface area (Å²) in [4.78, 5) is 8.35. The van der Waals surface area contributed by atoms with Crippen molar-refractivity contribution >= 4 is 15.9 Å². The molecule has 1 aromatic heterocycles. The lowest BCUT2D eigenvalue weighted by Crippen LogP contribution is -2.00. The standard InChI is InChI=1S/C13H11BrF2N2O/c1-7(2)13-17-11(14)6-12(18-13)19-10-4-3-8(15)5-9(10)16/h3-7H,1-2H3. The van der Waals surface area contributed by atoms with E-state index in [0.717, 1.165) is 12.1 Å². The fraction of sp³-hybridized carbons (Fsp3) is 0.231. The van der Waals surface area contributed by atoms with Crippen LogP contribution in [0.25, 0.3) is 0 Å². The summed E-state index contributed by atoms with van der Waals surface area (Å²) in [5.74, 6) is -0.625. The largest absolute Gasteiger partial charge is 0.436 e. The predicted molar refractivity (Wildman–Crippen MR) is 70.3 cm³/mol. The number of nitrogens with zero attached hydrogens (tertiary/aromatic N) is 2. The molecule has 0 spiro atoms. The topological polar surface area (TPSA) is 35.0 Å². The van der Waals surface area contributed by atoms with Crippen molar-refractivity contribution in [3.05, 3.63) is 46.3 Å². The highest BCUT2D eigenvalue weighted by molar-refractivity contribution is 9.10. The Kier molecular flexibility index (Phi) is 4.09. The Balaban J connectivity index is 2.32. The zero-order valence-electron chi connectivity index (χ0n) is 10.3. The molecule has 19 heavy (non-hydrogen) atoms. The number of halogens is 3. The summed E-state index contributed by atoms with van der Waals surface area (Å²) in [7, 11) is 0. The van der Waals surface area contributed by atoms with Crippen LogP contribution in [0.4, 0.5) is 8.78 Å². The first kappa shape index (κ1) is 13.9. The molecule has 1 aromatic carbocycles. The maximum absolute atomic E-state index is 13.5. The van der Waals surface area contributed by atoms with Crippen LogP contribution in [0.2, 0.25) is 0 Å². The molecule has 0 aliphatic heterocycles. The molecule has 2 rings (SSSR count). The smallest absolute Gasteiger partial charge is 0.223 e. The lowest BCUT2D eigenvalue weighted by Gasteiger charge is -2.09. The Hall–Kier alpha value is -1.56. The average Bonchev–Trinajstić information content (AvgIpc) is 2.32. The van der Waals surface area contributed by atoms with Crippen molar-refractivity contribution < 1.29 is 13.5 Å². The molecule has 0 bridgehead atoms. The van der Waals surface area contributed by atoms with Crippen LogP contribution in [0.3, 0.4) is 0 Å². The van der Waals surface area contributed by atoms with Crippen molar-refractivity contribution in [1.82, 2.24) is 9.97 Å². The van der Waals surface area contributed by atoms with E-state index in [4.69, 9.17) is 4.74 Å². The minimum absolute atomic E-state index is 0.0818. The predicted octanol–water partition coefficient (Wildman–Crippen LogP) is 4.43. The molecule has 0 aliphatic rings. The van der Waals surface area contributed by atoms with Gasteiger partial charge in [0.2, 0.25) is 5.88 Å². The van der Waals surface area contributed by atoms with Crippen LogP contribution in [0.15, 0.2) is 28.9 Å². The van der Waals surface area contributed by atoms with E-state index in [-0.39, 0.29) is 17.5 Å². The highest BCUT2D eigenvalue weighted by atomic mass is 79.9. The second-order valence-electron chi connectivity index (χ2n) is 4.22. The van der Waals surface area contributed by atoms with Crippen LogP contribution in [-0.2, 0) is 0 Å². The van der Waals surface area contributed by atoms with Gasteiger partial charge >= 0.3 is 0 Å². The zero-order valence-corrected chi connectivity index (χ0v) is 11.9. The Morgan fingerprint density at radius 2 is 1.89 bits per heavy atom. The SMILES string of the molecule is CC(C)c1nc(Br)cc(Oc2ccc(F)cc2F)n1. The van der Waals surface area contributed by atoms with Gasteiger partial charge in [-0.3, -0.25) is 0 Å². The van der Waals surface area contributed by atoms with Gasteiger partial charge in [0.1, 0.15) is 16.2 Å². The molecule has 0 aliphatic carbocycles. The third-order valence-electron chi connectivity index (χ3n) is 2.31. The molecule has 2 aromatic rings. The first-order valence-electron chi connectivity index (χ1n) is 5.63. The summed E-state index contributed by atoms with van der Waals surface area (Å²) in [5, 5.41) is 0. The quantitative estimate of drug-likeness (QED) is 0.781. The van der Waals surface area contributed by atoms with E-state index in [0.29, 0.717) is 10.4 Å². The molecular weight excluding hydrogens is 318 g/mol. The molecule has 0 N–H and O–H groups in total. The van der Waals surface area contributed by atoms with Gasteiger partial charge in [0.05, 0.1) is 0 Å². The molecular formula is C13H11BrF2N2O. The van der Waals surface area contributed by atoms with Gasteiger partial charge in [-0.15, -0.1) is 0 Å². The Morgan fingerprint density at radius 3 is 2.53 bits per heavy atom. The van der Waals surface area contributed by atoms with Gasteiger partial charge in [-0.2, -0.15) is 4.98 Å². The summed E-state index contributed by atoms with van der Waals surface area (Å²) in [6.07, 6.45) is 0. The zero-order chi connectivity index (χ0) is 14.0. The lowest BCUT2D eigenvalue weighted by molar-refractivity contribution is 0.419. The van der Waals surface area contributed by atoms with Crippen molar-refractivity contribution in [1.29, 1.82) is 0 Å². The third-order valence-corrected chi connectivity index (χ3v) is 2.72. The summed E-state index contributed by atoms with van der Waals surface area (Å²) in [6, 6.07) is 4.62. The van der Waals surface area contributed by atoms with E-state index < -0.39 is 11.6 Å². The van der Waals surface area contributed by atoms with E-state index in [1.807, 2.05) is 13.8 Å². The molecule has 3 nitrogen and oxygen atoms in total. The normalized spacial score (nSPS) is 10.8. The van der Waals surface area contributed by atoms with Crippen LogP contribution < -0.4 is 4.74 Å². The average molecular weight is 329 g/mol. The number of aromatic nitrogens is 2. The molecule has 0 unspecified atom stereocenters. The molecule has 6 heteroatoms. The second-order valence-corrected chi connectivity index (χ2v) is 5.03. The van der Waals surface area contributed by atoms with E-state index in [1.54, 1.807) is 0 Å². The maximum atomic E-state index is 13.5. The van der Waals surface area contributed by atoms with Crippen LogP contribution >= 0.6 is 15.9 Å². The number of hydrogen-bond donors (Lipinski definition) is 0. The van der Waals surface area contributed by atoms with Gasteiger partial charge < -0.3 is 4.74 Å². The molecule has 0 fully saturated rings. The van der Waals surface area contributed by atoms with Gasteiger partial charge in [-0.25, -0.2) is 13.8 Å². The van der Waals surface area contributed by atoms with E-state index in [2.05, 4.69) is 25.9 Å². The lowest BCUT2D eigenvalue weighted by atomic mass is 10.2. The molecule has 0 saturated heterocycles. The molecule has 1 heterocycles. The Morgan fingerprint density at radius 1 is 1.16 bits per heavy atom. The summed E-state index contributed by atoms with van der Waals surface area (Å²) < 4.78 is 32.1. The molecule has 0 atom stereocenters. The first-order valence-corrected chi connectivity index (χ1v) is 6.42. The number of hydrogen-bond acceptors (Lipinski definition) is 3. The maximum Gasteiger partial charge on any atom is 0.223 e. The molecule has 100 valence electrons. The van der Waals surface area contributed by atoms with Crippen molar-refractivity contribution in [2.45, 2.75) is 19.8 Å². The van der Waals surface area contributed by atoms with E-state index in [9.17, 15) is 8.78 Å². The third kappa shape index (κ3) is 3.47. The Bertz CT molecular complexity index is 605. The van der Waals surface area contributed by atoms with Crippen LogP contribution in [0.1, 0.15) is 25.6 Å². The van der Waals surface area contributed by atoms with Crippen LogP contribution in [0.5, 0.6) is 11.6 Å². The van der Waals surface area contributed by atoms with E-state index in [1.165, 1.54) is 12.1 Å². The van der Waals surface area contributed by atoms with Gasteiger partial charge in [0, 0.05) is 18.1 Å². The van der Waals surface area contributed by atoms with Crippen molar-refractivity contribution in [3.8, 4) is 11.6 Å².